The number of hydrogen-bond acceptors (Lipinski definition) is 6. The van der Waals surface area contributed by atoms with Crippen molar-refractivity contribution < 1.29 is 19.1 Å². The molecule has 1 unspecified atom stereocenters. The van der Waals surface area contributed by atoms with Crippen molar-refractivity contribution in [3.05, 3.63) is 64.9 Å². The Morgan fingerprint density at radius 2 is 1.87 bits per heavy atom. The summed E-state index contributed by atoms with van der Waals surface area (Å²) in [7, 11) is 3.13. The van der Waals surface area contributed by atoms with Crippen molar-refractivity contribution in [2.45, 2.75) is 23.5 Å². The second kappa shape index (κ2) is 10.9. The summed E-state index contributed by atoms with van der Waals surface area (Å²) >= 11 is 2.84. The first-order valence-corrected chi connectivity index (χ1v) is 11.4. The molecule has 1 atom stereocenters. The van der Waals surface area contributed by atoms with Crippen LogP contribution < -0.4 is 20.1 Å². The molecule has 3 aromatic rings. The van der Waals surface area contributed by atoms with Gasteiger partial charge in [-0.1, -0.05) is 19.1 Å². The van der Waals surface area contributed by atoms with Gasteiger partial charge in [0.1, 0.15) is 11.5 Å². The molecule has 1 aromatic heterocycles. The highest BCUT2D eigenvalue weighted by Gasteiger charge is 2.20. The van der Waals surface area contributed by atoms with Crippen molar-refractivity contribution in [1.29, 1.82) is 0 Å². The van der Waals surface area contributed by atoms with Crippen LogP contribution in [0.3, 0.4) is 0 Å². The summed E-state index contributed by atoms with van der Waals surface area (Å²) in [5, 5.41) is 7.40. The summed E-state index contributed by atoms with van der Waals surface area (Å²) in [4.78, 5) is 26.7. The Morgan fingerprint density at radius 3 is 2.55 bits per heavy atom. The van der Waals surface area contributed by atoms with Gasteiger partial charge in [0.15, 0.2) is 0 Å². The number of thioether (sulfide) groups is 1. The number of carbonyl (C=O) groups excluding carboxylic acids is 2. The Labute approximate surface area is 190 Å². The fourth-order valence-corrected chi connectivity index (χ4v) is 4.48. The highest BCUT2D eigenvalue weighted by atomic mass is 32.2. The molecule has 0 aliphatic rings. The van der Waals surface area contributed by atoms with E-state index in [1.54, 1.807) is 38.5 Å². The van der Waals surface area contributed by atoms with E-state index in [2.05, 4.69) is 10.6 Å². The van der Waals surface area contributed by atoms with Gasteiger partial charge >= 0.3 is 0 Å². The lowest BCUT2D eigenvalue weighted by molar-refractivity contribution is -0.115. The number of thiophene rings is 1. The molecule has 0 fully saturated rings. The zero-order valence-electron chi connectivity index (χ0n) is 17.5. The van der Waals surface area contributed by atoms with Crippen molar-refractivity contribution in [1.82, 2.24) is 0 Å². The molecule has 0 bridgehead atoms. The minimum Gasteiger partial charge on any atom is -0.497 e. The van der Waals surface area contributed by atoms with Gasteiger partial charge in [-0.3, -0.25) is 9.59 Å². The Balaban J connectivity index is 1.68. The third-order valence-corrected chi connectivity index (χ3v) is 6.67. The maximum atomic E-state index is 12.9. The summed E-state index contributed by atoms with van der Waals surface area (Å²) in [6, 6.07) is 16.4. The van der Waals surface area contributed by atoms with E-state index >= 15 is 0 Å². The van der Waals surface area contributed by atoms with E-state index < -0.39 is 0 Å². The highest BCUT2D eigenvalue weighted by molar-refractivity contribution is 8.00. The lowest BCUT2D eigenvalue weighted by Crippen LogP contribution is -2.24. The van der Waals surface area contributed by atoms with Crippen LogP contribution in [-0.4, -0.2) is 31.3 Å². The van der Waals surface area contributed by atoms with E-state index in [-0.39, 0.29) is 17.1 Å². The van der Waals surface area contributed by atoms with Crippen LogP contribution in [0.2, 0.25) is 0 Å². The number of benzene rings is 2. The number of hydrogen-bond donors (Lipinski definition) is 2. The van der Waals surface area contributed by atoms with E-state index in [0.717, 1.165) is 4.90 Å². The molecular formula is C23H24N2O4S2. The van der Waals surface area contributed by atoms with Crippen LogP contribution in [-0.2, 0) is 4.79 Å². The maximum absolute atomic E-state index is 12.9. The Bertz CT molecular complexity index is 1040. The second-order valence-corrected chi connectivity index (χ2v) is 8.75. The van der Waals surface area contributed by atoms with Crippen molar-refractivity contribution in [2.24, 2.45) is 0 Å². The molecule has 1 heterocycles. The van der Waals surface area contributed by atoms with Gasteiger partial charge in [-0.05, 0) is 48.2 Å². The first kappa shape index (κ1) is 22.7. The van der Waals surface area contributed by atoms with Gasteiger partial charge in [0, 0.05) is 16.6 Å². The van der Waals surface area contributed by atoms with Gasteiger partial charge in [0.05, 0.1) is 30.0 Å². The molecule has 3 rings (SSSR count). The quantitative estimate of drug-likeness (QED) is 0.414. The normalized spacial score (nSPS) is 11.5. The molecule has 6 nitrogen and oxygen atoms in total. The molecule has 0 saturated carbocycles. The first-order valence-electron chi connectivity index (χ1n) is 9.68. The number of carbonyl (C=O) groups is 2. The van der Waals surface area contributed by atoms with Crippen molar-refractivity contribution in [2.75, 3.05) is 24.9 Å². The van der Waals surface area contributed by atoms with E-state index in [1.807, 2.05) is 42.6 Å². The number of ether oxygens (including phenoxy) is 2. The van der Waals surface area contributed by atoms with E-state index in [9.17, 15) is 9.59 Å². The minimum absolute atomic E-state index is 0.121. The molecule has 8 heteroatoms. The molecule has 0 aliphatic heterocycles. The second-order valence-electron chi connectivity index (χ2n) is 6.53. The van der Waals surface area contributed by atoms with Crippen LogP contribution in [0.5, 0.6) is 11.5 Å². The molecule has 2 N–H and O–H groups in total. The van der Waals surface area contributed by atoms with E-state index in [4.69, 9.17) is 9.47 Å². The number of methoxy groups -OCH3 is 2. The van der Waals surface area contributed by atoms with Gasteiger partial charge in [-0.25, -0.2) is 0 Å². The largest absolute Gasteiger partial charge is 0.497 e. The topological polar surface area (TPSA) is 76.7 Å². The van der Waals surface area contributed by atoms with E-state index in [0.29, 0.717) is 34.2 Å². The molecule has 0 radical (unpaired) electrons. The lowest BCUT2D eigenvalue weighted by Gasteiger charge is -2.17. The maximum Gasteiger partial charge on any atom is 0.265 e. The predicted octanol–water partition coefficient (Wildman–Crippen LogP) is 5.53. The summed E-state index contributed by atoms with van der Waals surface area (Å²) in [5.74, 6) is 0.918. The molecule has 0 spiro atoms. The number of anilines is 2. The van der Waals surface area contributed by atoms with Gasteiger partial charge in [-0.2, -0.15) is 0 Å². The van der Waals surface area contributed by atoms with Crippen LogP contribution in [0.15, 0.2) is 64.9 Å². The standard InChI is InChI=1S/C23H24N2O4S2/c1-4-20(22(26)25-18-11-10-16(28-2)14-19(18)29-3)31-17-8-5-7-15(13-17)24-23(27)21-9-6-12-30-21/h5-14,20H,4H2,1-3H3,(H,24,27)(H,25,26). The zero-order valence-corrected chi connectivity index (χ0v) is 19.1. The summed E-state index contributed by atoms with van der Waals surface area (Å²) in [6.07, 6.45) is 0.640. The Morgan fingerprint density at radius 1 is 1.03 bits per heavy atom. The average Bonchev–Trinajstić information content (AvgIpc) is 3.33. The van der Waals surface area contributed by atoms with Crippen LogP contribution in [0, 0.1) is 0 Å². The molecule has 31 heavy (non-hydrogen) atoms. The lowest BCUT2D eigenvalue weighted by atomic mass is 10.2. The van der Waals surface area contributed by atoms with Gasteiger partial charge in [0.25, 0.3) is 5.91 Å². The average molecular weight is 457 g/mol. The first-order chi connectivity index (χ1) is 15.0. The molecule has 2 amide bonds. The van der Waals surface area contributed by atoms with E-state index in [1.165, 1.54) is 23.1 Å². The molecule has 162 valence electrons. The fraction of sp³-hybridized carbons (Fsp3) is 0.217. The Kier molecular flexibility index (Phi) is 7.97. The SMILES string of the molecule is CCC(Sc1cccc(NC(=O)c2cccs2)c1)C(=O)Nc1ccc(OC)cc1OC. The van der Waals surface area contributed by atoms with Gasteiger partial charge in [-0.15, -0.1) is 23.1 Å². The molecular weight excluding hydrogens is 432 g/mol. The third kappa shape index (κ3) is 6.02. The van der Waals surface area contributed by atoms with Crippen LogP contribution >= 0.6 is 23.1 Å². The predicted molar refractivity (Wildman–Crippen MR) is 127 cm³/mol. The smallest absolute Gasteiger partial charge is 0.265 e. The van der Waals surface area contributed by atoms with Gasteiger partial charge in [0.2, 0.25) is 5.91 Å². The molecule has 0 saturated heterocycles. The van der Waals surface area contributed by atoms with Crippen molar-refractivity contribution >= 4 is 46.3 Å². The van der Waals surface area contributed by atoms with Gasteiger partial charge < -0.3 is 20.1 Å². The summed E-state index contributed by atoms with van der Waals surface area (Å²) < 4.78 is 10.6. The fourth-order valence-electron chi connectivity index (χ4n) is 2.85. The third-order valence-electron chi connectivity index (χ3n) is 4.45. The highest BCUT2D eigenvalue weighted by Crippen LogP contribution is 2.32. The minimum atomic E-state index is -0.310. The summed E-state index contributed by atoms with van der Waals surface area (Å²) in [5.41, 5.74) is 1.28. The van der Waals surface area contributed by atoms with Crippen LogP contribution in [0.1, 0.15) is 23.0 Å². The van der Waals surface area contributed by atoms with Crippen molar-refractivity contribution in [3.8, 4) is 11.5 Å². The summed E-state index contributed by atoms with van der Waals surface area (Å²) in [6.45, 7) is 1.96. The number of nitrogens with one attached hydrogen (secondary N) is 2. The number of rotatable bonds is 9. The molecule has 0 aliphatic carbocycles. The van der Waals surface area contributed by atoms with Crippen molar-refractivity contribution in [3.63, 3.8) is 0 Å². The monoisotopic (exact) mass is 456 g/mol. The van der Waals surface area contributed by atoms with Crippen LogP contribution in [0.4, 0.5) is 11.4 Å². The molecule has 2 aromatic carbocycles. The number of amides is 2. The zero-order chi connectivity index (χ0) is 22.2. The Hall–Kier alpha value is -2.97. The van der Waals surface area contributed by atoms with Crippen LogP contribution in [0.25, 0.3) is 0 Å².